The van der Waals surface area contributed by atoms with Crippen molar-refractivity contribution >= 4 is 21.7 Å². The van der Waals surface area contributed by atoms with Crippen molar-refractivity contribution in [3.8, 4) is 0 Å². The van der Waals surface area contributed by atoms with E-state index in [9.17, 15) is 0 Å². The topological polar surface area (TPSA) is 25.4 Å². The number of ether oxygens (including phenoxy) is 1. The number of pyridine rings is 1. The number of aryl methyl sites for hydroxylation is 1. The van der Waals surface area contributed by atoms with Crippen LogP contribution in [-0.4, -0.2) is 30.3 Å². The van der Waals surface area contributed by atoms with Crippen LogP contribution in [-0.2, 0) is 4.74 Å². The number of hydrogen-bond acceptors (Lipinski definition) is 3. The summed E-state index contributed by atoms with van der Waals surface area (Å²) < 4.78 is 6.66. The molecule has 1 fully saturated rings. The molecule has 1 aromatic rings. The maximum absolute atomic E-state index is 5.63. The predicted octanol–water partition coefficient (Wildman–Crippen LogP) is 2.77. The summed E-state index contributed by atoms with van der Waals surface area (Å²) in [7, 11) is 0. The summed E-state index contributed by atoms with van der Waals surface area (Å²) in [6.45, 7) is 8.07. The van der Waals surface area contributed by atoms with Crippen molar-refractivity contribution in [3.63, 3.8) is 0 Å². The van der Waals surface area contributed by atoms with Crippen molar-refractivity contribution in [2.75, 3.05) is 18.1 Å². The fourth-order valence-corrected chi connectivity index (χ4v) is 2.48. The van der Waals surface area contributed by atoms with Crippen LogP contribution in [0, 0.1) is 6.92 Å². The Morgan fingerprint density at radius 2 is 2.25 bits per heavy atom. The molecule has 2 atom stereocenters. The summed E-state index contributed by atoms with van der Waals surface area (Å²) in [6, 6.07) is 2.50. The summed E-state index contributed by atoms with van der Waals surface area (Å²) in [4.78, 5) is 6.84. The van der Waals surface area contributed by atoms with Gasteiger partial charge in [-0.3, -0.25) is 0 Å². The standard InChI is InChI=1S/C12H17BrN2O/c1-8-4-11(13)5-14-12(8)15-6-10(3)16-7-9(15)2/h4-5,9-10H,6-7H2,1-3H3. The summed E-state index contributed by atoms with van der Waals surface area (Å²) in [5, 5.41) is 0. The van der Waals surface area contributed by atoms with E-state index in [4.69, 9.17) is 4.74 Å². The van der Waals surface area contributed by atoms with Gasteiger partial charge in [0.25, 0.3) is 0 Å². The van der Waals surface area contributed by atoms with Crippen LogP contribution in [0.1, 0.15) is 19.4 Å². The predicted molar refractivity (Wildman–Crippen MR) is 68.9 cm³/mol. The van der Waals surface area contributed by atoms with Gasteiger partial charge in [0.15, 0.2) is 0 Å². The second-order valence-electron chi connectivity index (χ2n) is 4.44. The molecule has 0 saturated carbocycles. The van der Waals surface area contributed by atoms with Crippen molar-refractivity contribution in [1.29, 1.82) is 0 Å². The molecule has 0 radical (unpaired) electrons. The summed E-state index contributed by atoms with van der Waals surface area (Å²) >= 11 is 3.44. The molecule has 0 aliphatic carbocycles. The Bertz CT molecular complexity index is 383. The Hall–Kier alpha value is -0.610. The van der Waals surface area contributed by atoms with Crippen molar-refractivity contribution in [1.82, 2.24) is 4.98 Å². The minimum absolute atomic E-state index is 0.279. The molecular weight excluding hydrogens is 268 g/mol. The molecule has 2 heterocycles. The lowest BCUT2D eigenvalue weighted by Crippen LogP contribution is -2.48. The molecule has 0 amide bonds. The van der Waals surface area contributed by atoms with Gasteiger partial charge >= 0.3 is 0 Å². The number of rotatable bonds is 1. The number of hydrogen-bond donors (Lipinski definition) is 0. The molecule has 2 unspecified atom stereocenters. The molecule has 2 rings (SSSR count). The van der Waals surface area contributed by atoms with Crippen molar-refractivity contribution in [3.05, 3.63) is 22.3 Å². The van der Waals surface area contributed by atoms with Crippen LogP contribution in [0.5, 0.6) is 0 Å². The maximum Gasteiger partial charge on any atom is 0.131 e. The van der Waals surface area contributed by atoms with E-state index >= 15 is 0 Å². The fraction of sp³-hybridized carbons (Fsp3) is 0.583. The highest BCUT2D eigenvalue weighted by molar-refractivity contribution is 9.10. The third-order valence-electron chi connectivity index (χ3n) is 2.90. The van der Waals surface area contributed by atoms with Crippen LogP contribution in [0.15, 0.2) is 16.7 Å². The molecule has 16 heavy (non-hydrogen) atoms. The molecule has 0 aromatic carbocycles. The molecule has 0 N–H and O–H groups in total. The third kappa shape index (κ3) is 2.38. The largest absolute Gasteiger partial charge is 0.375 e. The van der Waals surface area contributed by atoms with E-state index in [1.54, 1.807) is 0 Å². The van der Waals surface area contributed by atoms with Gasteiger partial charge in [-0.2, -0.15) is 0 Å². The molecule has 3 nitrogen and oxygen atoms in total. The first kappa shape index (κ1) is 11.9. The van der Waals surface area contributed by atoms with E-state index < -0.39 is 0 Å². The molecular formula is C12H17BrN2O. The quantitative estimate of drug-likeness (QED) is 0.793. The molecule has 1 saturated heterocycles. The summed E-state index contributed by atoms with van der Waals surface area (Å²) in [5.41, 5.74) is 1.20. The Morgan fingerprint density at radius 3 is 2.94 bits per heavy atom. The van der Waals surface area contributed by atoms with Crippen LogP contribution in [0.2, 0.25) is 0 Å². The molecule has 0 bridgehead atoms. The average molecular weight is 285 g/mol. The second kappa shape index (κ2) is 4.72. The normalized spacial score (nSPS) is 25.9. The van der Waals surface area contributed by atoms with Crippen LogP contribution >= 0.6 is 15.9 Å². The van der Waals surface area contributed by atoms with Gasteiger partial charge in [-0.25, -0.2) is 4.98 Å². The molecule has 0 spiro atoms. The van der Waals surface area contributed by atoms with E-state index in [2.05, 4.69) is 52.7 Å². The third-order valence-corrected chi connectivity index (χ3v) is 3.33. The van der Waals surface area contributed by atoms with Gasteiger partial charge in [-0.15, -0.1) is 0 Å². The first-order chi connectivity index (χ1) is 7.58. The molecule has 1 aliphatic rings. The van der Waals surface area contributed by atoms with Crippen LogP contribution in [0.4, 0.5) is 5.82 Å². The molecule has 4 heteroatoms. The van der Waals surface area contributed by atoms with Gasteiger partial charge < -0.3 is 9.64 Å². The summed E-state index contributed by atoms with van der Waals surface area (Å²) in [6.07, 6.45) is 2.14. The van der Waals surface area contributed by atoms with E-state index in [0.29, 0.717) is 6.04 Å². The minimum Gasteiger partial charge on any atom is -0.375 e. The first-order valence-corrected chi connectivity index (χ1v) is 6.37. The Labute approximate surface area is 105 Å². The van der Waals surface area contributed by atoms with Gasteiger partial charge in [0.05, 0.1) is 18.8 Å². The van der Waals surface area contributed by atoms with Gasteiger partial charge in [0.1, 0.15) is 5.82 Å². The minimum atomic E-state index is 0.279. The highest BCUT2D eigenvalue weighted by Crippen LogP contribution is 2.25. The van der Waals surface area contributed by atoms with Crippen LogP contribution in [0.3, 0.4) is 0 Å². The summed E-state index contributed by atoms with van der Waals surface area (Å²) in [5.74, 6) is 1.07. The smallest absolute Gasteiger partial charge is 0.131 e. The zero-order chi connectivity index (χ0) is 11.7. The van der Waals surface area contributed by atoms with E-state index in [0.717, 1.165) is 23.4 Å². The SMILES string of the molecule is Cc1cc(Br)cnc1N1CC(C)OCC1C. The monoisotopic (exact) mass is 284 g/mol. The average Bonchev–Trinajstić information content (AvgIpc) is 2.22. The lowest BCUT2D eigenvalue weighted by atomic mass is 10.1. The van der Waals surface area contributed by atoms with Gasteiger partial charge in [0, 0.05) is 17.2 Å². The highest BCUT2D eigenvalue weighted by atomic mass is 79.9. The van der Waals surface area contributed by atoms with Crippen molar-refractivity contribution in [2.45, 2.75) is 32.9 Å². The second-order valence-corrected chi connectivity index (χ2v) is 5.36. The van der Waals surface area contributed by atoms with Crippen LogP contribution < -0.4 is 4.90 Å². The Balaban J connectivity index is 2.28. The number of aromatic nitrogens is 1. The lowest BCUT2D eigenvalue weighted by Gasteiger charge is -2.38. The number of morpholine rings is 1. The zero-order valence-corrected chi connectivity index (χ0v) is 11.5. The van der Waals surface area contributed by atoms with Crippen molar-refractivity contribution < 1.29 is 4.74 Å². The highest BCUT2D eigenvalue weighted by Gasteiger charge is 2.25. The van der Waals surface area contributed by atoms with E-state index in [-0.39, 0.29) is 6.10 Å². The Kier molecular flexibility index (Phi) is 3.50. The van der Waals surface area contributed by atoms with Crippen LogP contribution in [0.25, 0.3) is 0 Å². The molecule has 1 aromatic heterocycles. The van der Waals surface area contributed by atoms with Crippen molar-refractivity contribution in [2.24, 2.45) is 0 Å². The molecule has 88 valence electrons. The fourth-order valence-electron chi connectivity index (χ4n) is 2.03. The first-order valence-electron chi connectivity index (χ1n) is 5.58. The van der Waals surface area contributed by atoms with E-state index in [1.165, 1.54) is 5.56 Å². The van der Waals surface area contributed by atoms with Gasteiger partial charge in [0.2, 0.25) is 0 Å². The van der Waals surface area contributed by atoms with Gasteiger partial charge in [-0.05, 0) is 48.3 Å². The number of halogens is 1. The lowest BCUT2D eigenvalue weighted by molar-refractivity contribution is 0.0340. The Morgan fingerprint density at radius 1 is 1.50 bits per heavy atom. The number of nitrogens with zero attached hydrogens (tertiary/aromatic N) is 2. The zero-order valence-electron chi connectivity index (χ0n) is 9.90. The number of anilines is 1. The maximum atomic E-state index is 5.63. The van der Waals surface area contributed by atoms with E-state index in [1.807, 2.05) is 6.20 Å². The van der Waals surface area contributed by atoms with Gasteiger partial charge in [-0.1, -0.05) is 0 Å². The molecule has 1 aliphatic heterocycles.